The minimum absolute atomic E-state index is 0.0421. The third-order valence-corrected chi connectivity index (χ3v) is 4.49. The molecule has 0 unspecified atom stereocenters. The Hall–Kier alpha value is -1.35. The Labute approximate surface area is 136 Å². The summed E-state index contributed by atoms with van der Waals surface area (Å²) in [6.45, 7) is 1.79. The van der Waals surface area contributed by atoms with Gasteiger partial charge in [-0.3, -0.25) is 9.69 Å². The molecule has 2 aliphatic heterocycles. The fourth-order valence-corrected chi connectivity index (χ4v) is 2.87. The zero-order chi connectivity index (χ0) is 14.8. The van der Waals surface area contributed by atoms with Crippen molar-refractivity contribution in [2.45, 2.75) is 6.10 Å². The quantitative estimate of drug-likeness (QED) is 0.572. The number of amides is 2. The van der Waals surface area contributed by atoms with Gasteiger partial charge in [0.25, 0.3) is 5.91 Å². The molecule has 7 heteroatoms. The third-order valence-electron chi connectivity index (χ3n) is 3.51. The van der Waals surface area contributed by atoms with Gasteiger partial charge in [0.05, 0.1) is 13.2 Å². The van der Waals surface area contributed by atoms with E-state index in [1.54, 1.807) is 9.80 Å². The average molecular weight is 402 g/mol. The number of morpholine rings is 1. The lowest BCUT2D eigenvalue weighted by Gasteiger charge is -2.27. The number of hydrogen-bond acceptors (Lipinski definition) is 4. The summed E-state index contributed by atoms with van der Waals surface area (Å²) in [4.78, 5) is 26.9. The molecule has 1 aromatic rings. The Morgan fingerprint density at radius 3 is 2.38 bits per heavy atom. The highest BCUT2D eigenvalue weighted by Crippen LogP contribution is 2.26. The highest BCUT2D eigenvalue weighted by molar-refractivity contribution is 14.1. The predicted molar refractivity (Wildman–Crippen MR) is 86.1 cm³/mol. The van der Waals surface area contributed by atoms with E-state index in [0.717, 1.165) is 15.8 Å². The number of alkyl halides is 1. The molecule has 0 N–H and O–H groups in total. The summed E-state index contributed by atoms with van der Waals surface area (Å²) in [5.74, 6) is -0.0421. The number of anilines is 2. The van der Waals surface area contributed by atoms with Crippen molar-refractivity contribution in [2.75, 3.05) is 40.5 Å². The summed E-state index contributed by atoms with van der Waals surface area (Å²) in [5.41, 5.74) is 1.61. The van der Waals surface area contributed by atoms with Crippen molar-refractivity contribution in [2.24, 2.45) is 0 Å². The molecule has 3 rings (SSSR count). The van der Waals surface area contributed by atoms with Crippen LogP contribution in [0.3, 0.4) is 0 Å². The number of nitrogens with zero attached hydrogens (tertiary/aromatic N) is 2. The van der Waals surface area contributed by atoms with Crippen molar-refractivity contribution in [1.82, 2.24) is 0 Å². The van der Waals surface area contributed by atoms with E-state index in [1.807, 2.05) is 24.3 Å². The van der Waals surface area contributed by atoms with Crippen LogP contribution >= 0.6 is 22.6 Å². The van der Waals surface area contributed by atoms with E-state index in [0.29, 0.717) is 19.7 Å². The Kier molecular flexibility index (Phi) is 4.29. The first kappa shape index (κ1) is 14.6. The topological polar surface area (TPSA) is 59.1 Å². The summed E-state index contributed by atoms with van der Waals surface area (Å²) >= 11 is 2.21. The van der Waals surface area contributed by atoms with Gasteiger partial charge in [0.2, 0.25) is 0 Å². The van der Waals surface area contributed by atoms with Crippen LogP contribution in [0.25, 0.3) is 0 Å². The van der Waals surface area contributed by atoms with E-state index in [2.05, 4.69) is 22.6 Å². The number of carbonyl (C=O) groups excluding carboxylic acids is 2. The lowest BCUT2D eigenvalue weighted by atomic mass is 10.2. The molecule has 1 atom stereocenters. The molecule has 1 aromatic carbocycles. The molecule has 0 aromatic heterocycles. The summed E-state index contributed by atoms with van der Waals surface area (Å²) in [6.07, 6.45) is -0.370. The Morgan fingerprint density at radius 2 is 1.81 bits per heavy atom. The maximum Gasteiger partial charge on any atom is 0.414 e. The van der Waals surface area contributed by atoms with Crippen LogP contribution in [0.4, 0.5) is 16.2 Å². The minimum atomic E-state index is -0.313. The van der Waals surface area contributed by atoms with E-state index in [4.69, 9.17) is 9.47 Å². The van der Waals surface area contributed by atoms with E-state index in [9.17, 15) is 9.59 Å². The Bertz CT molecular complexity index is 548. The van der Waals surface area contributed by atoms with Crippen molar-refractivity contribution in [1.29, 1.82) is 0 Å². The molecule has 0 bridgehead atoms. The number of hydrogen-bond donors (Lipinski definition) is 0. The molecule has 112 valence electrons. The smallest absolute Gasteiger partial charge is 0.414 e. The van der Waals surface area contributed by atoms with Crippen molar-refractivity contribution < 1.29 is 19.1 Å². The van der Waals surface area contributed by atoms with Gasteiger partial charge in [0.1, 0.15) is 12.7 Å². The van der Waals surface area contributed by atoms with Crippen LogP contribution in [-0.2, 0) is 14.3 Å². The number of halogens is 1. The molecule has 0 saturated carbocycles. The van der Waals surface area contributed by atoms with Crippen LogP contribution in [0, 0.1) is 0 Å². The SMILES string of the molecule is O=C1COCCN1c1ccc(N2C[C@@H](CI)OC2=O)cc1. The van der Waals surface area contributed by atoms with Gasteiger partial charge in [-0.25, -0.2) is 4.79 Å². The van der Waals surface area contributed by atoms with Gasteiger partial charge in [-0.2, -0.15) is 0 Å². The molecule has 0 aliphatic carbocycles. The first-order valence-electron chi connectivity index (χ1n) is 6.71. The lowest BCUT2D eigenvalue weighted by molar-refractivity contribution is -0.125. The van der Waals surface area contributed by atoms with E-state index in [1.165, 1.54) is 0 Å². The summed E-state index contributed by atoms with van der Waals surface area (Å²) < 4.78 is 11.1. The zero-order valence-corrected chi connectivity index (χ0v) is 13.5. The Morgan fingerprint density at radius 1 is 1.14 bits per heavy atom. The van der Waals surface area contributed by atoms with Crippen LogP contribution in [0.15, 0.2) is 24.3 Å². The molecule has 6 nitrogen and oxygen atoms in total. The molecular weight excluding hydrogens is 387 g/mol. The second-order valence-corrected chi connectivity index (χ2v) is 5.77. The monoisotopic (exact) mass is 402 g/mol. The maximum atomic E-state index is 11.8. The molecule has 2 heterocycles. The average Bonchev–Trinajstić information content (AvgIpc) is 2.89. The number of benzene rings is 1. The second-order valence-electron chi connectivity index (χ2n) is 4.89. The molecule has 2 amide bonds. The minimum Gasteiger partial charge on any atom is -0.443 e. The number of cyclic esters (lactones) is 1. The highest BCUT2D eigenvalue weighted by Gasteiger charge is 2.31. The maximum absolute atomic E-state index is 11.8. The zero-order valence-electron chi connectivity index (χ0n) is 11.3. The highest BCUT2D eigenvalue weighted by atomic mass is 127. The van der Waals surface area contributed by atoms with Gasteiger partial charge >= 0.3 is 6.09 Å². The lowest BCUT2D eigenvalue weighted by Crippen LogP contribution is -2.41. The van der Waals surface area contributed by atoms with E-state index >= 15 is 0 Å². The van der Waals surface area contributed by atoms with Gasteiger partial charge in [-0.05, 0) is 24.3 Å². The van der Waals surface area contributed by atoms with Crippen molar-refractivity contribution in [3.63, 3.8) is 0 Å². The molecule has 0 radical (unpaired) electrons. The van der Waals surface area contributed by atoms with Crippen LogP contribution in [-0.4, -0.2) is 48.8 Å². The normalized spacial score (nSPS) is 22.6. The fourth-order valence-electron chi connectivity index (χ4n) is 2.42. The van der Waals surface area contributed by atoms with Crippen molar-refractivity contribution in [3.8, 4) is 0 Å². The van der Waals surface area contributed by atoms with Gasteiger partial charge in [-0.1, -0.05) is 22.6 Å². The number of rotatable bonds is 3. The van der Waals surface area contributed by atoms with Crippen LogP contribution in [0.1, 0.15) is 0 Å². The van der Waals surface area contributed by atoms with Gasteiger partial charge in [0, 0.05) is 22.3 Å². The standard InChI is InChI=1S/C14H15IN2O4/c15-7-12-8-17(14(19)21-12)11-3-1-10(2-4-11)16-5-6-20-9-13(16)18/h1-4,12H,5-9H2/t12-/m1/s1. The molecule has 0 spiro atoms. The van der Waals surface area contributed by atoms with E-state index in [-0.39, 0.29) is 24.7 Å². The number of carbonyl (C=O) groups is 2. The third kappa shape index (κ3) is 2.98. The summed E-state index contributed by atoms with van der Waals surface area (Å²) in [5, 5.41) is 0. The summed E-state index contributed by atoms with van der Waals surface area (Å²) in [6, 6.07) is 7.39. The van der Waals surface area contributed by atoms with Crippen LogP contribution < -0.4 is 9.80 Å². The van der Waals surface area contributed by atoms with Crippen molar-refractivity contribution >= 4 is 46.0 Å². The Balaban J connectivity index is 1.75. The number of ether oxygens (including phenoxy) is 2. The first-order chi connectivity index (χ1) is 10.2. The van der Waals surface area contributed by atoms with Crippen molar-refractivity contribution in [3.05, 3.63) is 24.3 Å². The van der Waals surface area contributed by atoms with Gasteiger partial charge in [0.15, 0.2) is 0 Å². The first-order valence-corrected chi connectivity index (χ1v) is 8.24. The van der Waals surface area contributed by atoms with Gasteiger partial charge < -0.3 is 14.4 Å². The molecule has 2 fully saturated rings. The second kappa shape index (κ2) is 6.18. The fraction of sp³-hybridized carbons (Fsp3) is 0.429. The summed E-state index contributed by atoms with van der Waals surface area (Å²) in [7, 11) is 0. The molecule has 2 aliphatic rings. The predicted octanol–water partition coefficient (Wildman–Crippen LogP) is 1.81. The molecule has 2 saturated heterocycles. The van der Waals surface area contributed by atoms with Gasteiger partial charge in [-0.15, -0.1) is 0 Å². The molecular formula is C14H15IN2O4. The van der Waals surface area contributed by atoms with E-state index < -0.39 is 0 Å². The largest absolute Gasteiger partial charge is 0.443 e. The van der Waals surface area contributed by atoms with Crippen LogP contribution in [0.2, 0.25) is 0 Å². The molecule has 21 heavy (non-hydrogen) atoms. The van der Waals surface area contributed by atoms with Crippen LogP contribution in [0.5, 0.6) is 0 Å².